The number of benzene rings is 3. The van der Waals surface area contributed by atoms with Crippen LogP contribution in [0.15, 0.2) is 42.5 Å². The van der Waals surface area contributed by atoms with E-state index in [2.05, 4.69) is 15.6 Å². The number of carbonyl (C=O) groups is 2. The van der Waals surface area contributed by atoms with E-state index < -0.39 is 24.8 Å². The summed E-state index contributed by atoms with van der Waals surface area (Å²) in [5.41, 5.74) is 2.16. The van der Waals surface area contributed by atoms with Crippen molar-refractivity contribution in [2.24, 2.45) is 7.05 Å². The van der Waals surface area contributed by atoms with Crippen LogP contribution >= 0.6 is 34.8 Å². The summed E-state index contributed by atoms with van der Waals surface area (Å²) >= 11 is 18.9. The highest BCUT2D eigenvalue weighted by atomic mass is 35.5. The topological polar surface area (TPSA) is 94.5 Å². The van der Waals surface area contributed by atoms with Gasteiger partial charge in [0, 0.05) is 43.9 Å². The second-order valence-corrected chi connectivity index (χ2v) is 10.3. The molecule has 0 saturated carbocycles. The molecule has 0 fully saturated rings. The molecule has 4 rings (SSSR count). The Kier molecular flexibility index (Phi) is 10.2. The van der Waals surface area contributed by atoms with Crippen molar-refractivity contribution in [3.8, 4) is 5.75 Å². The van der Waals surface area contributed by atoms with Gasteiger partial charge in [-0.1, -0.05) is 40.9 Å². The quantitative estimate of drug-likeness (QED) is 0.197. The van der Waals surface area contributed by atoms with E-state index in [1.807, 2.05) is 0 Å². The van der Waals surface area contributed by atoms with Crippen LogP contribution in [-0.4, -0.2) is 48.1 Å². The molecule has 4 aromatic rings. The number of nitrogens with one attached hydrogen (secondary N) is 2. The first-order valence-corrected chi connectivity index (χ1v) is 13.5. The lowest BCUT2D eigenvalue weighted by Crippen LogP contribution is -2.26. The minimum atomic E-state index is -2.79. The Morgan fingerprint density at radius 3 is 2.52 bits per heavy atom. The van der Waals surface area contributed by atoms with Crippen LogP contribution in [-0.2, 0) is 29.5 Å². The van der Waals surface area contributed by atoms with Crippen LogP contribution in [0.5, 0.6) is 5.75 Å². The van der Waals surface area contributed by atoms with Gasteiger partial charge >= 0.3 is 0 Å². The Bertz CT molecular complexity index is 1650. The first-order valence-electron chi connectivity index (χ1n) is 12.4. The number of alkyl halides is 2. The normalized spacial score (nSPS) is 11.3. The molecule has 0 aliphatic heterocycles. The molecule has 0 radical (unpaired) electrons. The average molecular weight is 644 g/mol. The number of amides is 2. The summed E-state index contributed by atoms with van der Waals surface area (Å²) in [6, 6.07) is 9.80. The number of ether oxygens (including phenoxy) is 2. The van der Waals surface area contributed by atoms with E-state index in [0.29, 0.717) is 38.0 Å². The third-order valence-corrected chi connectivity index (χ3v) is 7.33. The standard InChI is InChI=1S/C28H24Cl3F3N4O4/c1-38-22-10-23(42-12-24(33)34)17(28(40)36-15-4-6-20(32)19(30)7-15)8-21(22)37-25(38)9-16-18(29)5-3-14(27(16)31)11-35-26(39)13-41-2/h3-8,10,24H,9,11-13H2,1-2H3,(H,35,39)(H,36,40). The molecule has 2 N–H and O–H groups in total. The van der Waals surface area contributed by atoms with Crippen molar-refractivity contribution in [2.75, 3.05) is 25.6 Å². The summed E-state index contributed by atoms with van der Waals surface area (Å²) in [5, 5.41) is 5.78. The minimum absolute atomic E-state index is 0.0712. The fourth-order valence-corrected chi connectivity index (χ4v) is 4.88. The Morgan fingerprint density at radius 2 is 1.83 bits per heavy atom. The number of aromatic nitrogens is 2. The van der Waals surface area contributed by atoms with Crippen LogP contribution in [0.1, 0.15) is 27.3 Å². The van der Waals surface area contributed by atoms with Gasteiger partial charge in [0.15, 0.2) is 0 Å². The fourth-order valence-electron chi connectivity index (χ4n) is 4.13. The number of methoxy groups -OCH3 is 1. The van der Waals surface area contributed by atoms with E-state index >= 15 is 0 Å². The summed E-state index contributed by atoms with van der Waals surface area (Å²) in [5.74, 6) is -1.29. The van der Waals surface area contributed by atoms with Crippen LogP contribution in [0.25, 0.3) is 11.0 Å². The van der Waals surface area contributed by atoms with Crippen molar-refractivity contribution in [1.82, 2.24) is 14.9 Å². The van der Waals surface area contributed by atoms with Crippen molar-refractivity contribution >= 4 is 63.3 Å². The van der Waals surface area contributed by atoms with Crippen molar-refractivity contribution < 1.29 is 32.2 Å². The zero-order chi connectivity index (χ0) is 30.6. The van der Waals surface area contributed by atoms with Crippen molar-refractivity contribution in [1.29, 1.82) is 0 Å². The lowest BCUT2D eigenvalue weighted by atomic mass is 10.1. The predicted octanol–water partition coefficient (Wildman–Crippen LogP) is 6.42. The van der Waals surface area contributed by atoms with E-state index in [1.54, 1.807) is 23.7 Å². The Balaban J connectivity index is 1.68. The van der Waals surface area contributed by atoms with E-state index in [4.69, 9.17) is 44.3 Å². The molecule has 0 unspecified atom stereocenters. The number of imidazole rings is 1. The van der Waals surface area contributed by atoms with Gasteiger partial charge in [-0.25, -0.2) is 18.2 Å². The molecule has 14 heteroatoms. The molecule has 0 spiro atoms. The largest absolute Gasteiger partial charge is 0.487 e. The minimum Gasteiger partial charge on any atom is -0.487 e. The smallest absolute Gasteiger partial charge is 0.272 e. The first-order chi connectivity index (χ1) is 20.0. The number of nitrogens with zero attached hydrogens (tertiary/aromatic N) is 2. The van der Waals surface area contributed by atoms with Crippen molar-refractivity contribution in [3.05, 3.63) is 85.9 Å². The summed E-state index contributed by atoms with van der Waals surface area (Å²) in [6.45, 7) is -0.896. The maximum atomic E-state index is 13.6. The van der Waals surface area contributed by atoms with E-state index in [-0.39, 0.29) is 47.5 Å². The number of aryl methyl sites for hydroxylation is 1. The maximum Gasteiger partial charge on any atom is 0.272 e. The van der Waals surface area contributed by atoms with Gasteiger partial charge in [-0.05, 0) is 41.5 Å². The first kappa shape index (κ1) is 31.4. The van der Waals surface area contributed by atoms with Gasteiger partial charge in [0.2, 0.25) is 5.91 Å². The molecular formula is C28H24Cl3F3N4O4. The molecule has 0 aliphatic rings. The van der Waals surface area contributed by atoms with E-state index in [1.165, 1.54) is 31.4 Å². The van der Waals surface area contributed by atoms with Crippen LogP contribution < -0.4 is 15.4 Å². The molecule has 0 bridgehead atoms. The van der Waals surface area contributed by atoms with Gasteiger partial charge in [-0.2, -0.15) is 0 Å². The molecule has 1 aromatic heterocycles. The molecule has 0 saturated heterocycles. The molecule has 3 aromatic carbocycles. The SMILES string of the molecule is COCC(=O)NCc1ccc(Cl)c(Cc2nc3cc(C(=O)Nc4ccc(F)c(Cl)c4)c(OCC(F)F)cc3n2C)c1Cl. The van der Waals surface area contributed by atoms with Crippen LogP contribution in [0, 0.1) is 5.82 Å². The Morgan fingerprint density at radius 1 is 1.07 bits per heavy atom. The summed E-state index contributed by atoms with van der Waals surface area (Å²) in [7, 11) is 3.12. The highest BCUT2D eigenvalue weighted by Gasteiger charge is 2.21. The van der Waals surface area contributed by atoms with Crippen LogP contribution in [0.4, 0.5) is 18.9 Å². The number of carbonyl (C=O) groups excluding carboxylic acids is 2. The number of fused-ring (bicyclic) bond motifs is 1. The monoisotopic (exact) mass is 642 g/mol. The number of rotatable bonds is 11. The molecule has 1 heterocycles. The lowest BCUT2D eigenvalue weighted by Gasteiger charge is -2.13. The molecular weight excluding hydrogens is 620 g/mol. The number of halogens is 6. The highest BCUT2D eigenvalue weighted by Crippen LogP contribution is 2.33. The van der Waals surface area contributed by atoms with Gasteiger partial charge in [0.25, 0.3) is 12.3 Å². The summed E-state index contributed by atoms with van der Waals surface area (Å²) < 4.78 is 51.4. The number of anilines is 1. The van der Waals surface area contributed by atoms with Gasteiger partial charge in [-0.15, -0.1) is 0 Å². The maximum absolute atomic E-state index is 13.6. The molecule has 8 nitrogen and oxygen atoms in total. The van der Waals surface area contributed by atoms with Gasteiger partial charge in [0.1, 0.15) is 30.6 Å². The molecule has 0 atom stereocenters. The summed E-state index contributed by atoms with van der Waals surface area (Å²) in [4.78, 5) is 29.6. The second-order valence-electron chi connectivity index (χ2n) is 9.09. The average Bonchev–Trinajstić information content (AvgIpc) is 3.24. The third kappa shape index (κ3) is 7.27. The third-order valence-electron chi connectivity index (χ3n) is 6.21. The zero-order valence-corrected chi connectivity index (χ0v) is 24.5. The molecule has 2 amide bonds. The summed E-state index contributed by atoms with van der Waals surface area (Å²) in [6.07, 6.45) is -2.61. The Hall–Kier alpha value is -3.51. The second kappa shape index (κ2) is 13.6. The lowest BCUT2D eigenvalue weighted by molar-refractivity contribution is -0.124. The fraction of sp³-hybridized carbons (Fsp3) is 0.250. The van der Waals surface area contributed by atoms with Gasteiger partial charge < -0.3 is 24.7 Å². The predicted molar refractivity (Wildman–Crippen MR) is 155 cm³/mol. The zero-order valence-electron chi connectivity index (χ0n) is 22.2. The Labute approximate surface area is 253 Å². The number of hydrogen-bond acceptors (Lipinski definition) is 5. The van der Waals surface area contributed by atoms with E-state index in [9.17, 15) is 22.8 Å². The molecule has 222 valence electrons. The van der Waals surface area contributed by atoms with Crippen LogP contribution in [0.2, 0.25) is 15.1 Å². The van der Waals surface area contributed by atoms with Crippen molar-refractivity contribution in [3.63, 3.8) is 0 Å². The number of hydrogen-bond donors (Lipinski definition) is 2. The van der Waals surface area contributed by atoms with Gasteiger partial charge in [0.05, 0.1) is 26.6 Å². The molecule has 0 aliphatic carbocycles. The molecule has 42 heavy (non-hydrogen) atoms. The highest BCUT2D eigenvalue weighted by molar-refractivity contribution is 6.36. The van der Waals surface area contributed by atoms with Crippen LogP contribution in [0.3, 0.4) is 0 Å². The van der Waals surface area contributed by atoms with Crippen molar-refractivity contribution in [2.45, 2.75) is 19.4 Å². The van der Waals surface area contributed by atoms with Gasteiger partial charge in [-0.3, -0.25) is 9.59 Å². The van der Waals surface area contributed by atoms with E-state index in [0.717, 1.165) is 6.07 Å².